The predicted octanol–water partition coefficient (Wildman–Crippen LogP) is 1.90. The Morgan fingerprint density at radius 1 is 0.783 bits per heavy atom. The third kappa shape index (κ3) is 3.16. The van der Waals surface area contributed by atoms with Crippen LogP contribution in [0.5, 0.6) is 0 Å². The molecule has 0 atom stereocenters. The number of rotatable bonds is 3. The molecule has 2 aliphatic rings. The zero-order valence-electron chi connectivity index (χ0n) is 12.9. The van der Waals surface area contributed by atoms with Crippen molar-refractivity contribution >= 4 is 27.5 Å². The van der Waals surface area contributed by atoms with Gasteiger partial charge in [-0.25, -0.2) is 8.42 Å². The number of hydrogen-bond donors (Lipinski definition) is 0. The van der Waals surface area contributed by atoms with Crippen LogP contribution in [0.4, 0.5) is 5.69 Å². The summed E-state index contributed by atoms with van der Waals surface area (Å²) in [6.45, 7) is 1.10. The Hall–Kier alpha value is -1.73. The van der Waals surface area contributed by atoms with E-state index >= 15 is 0 Å². The average molecular weight is 336 g/mol. The van der Waals surface area contributed by atoms with Crippen molar-refractivity contribution in [1.82, 2.24) is 4.31 Å². The number of carbonyl (C=O) groups excluding carboxylic acids is 2. The molecule has 1 aromatic rings. The van der Waals surface area contributed by atoms with Gasteiger partial charge in [-0.2, -0.15) is 4.31 Å². The van der Waals surface area contributed by atoms with Gasteiger partial charge >= 0.3 is 0 Å². The molecule has 2 aliphatic heterocycles. The Bertz CT molecular complexity index is 688. The number of amides is 2. The fraction of sp³-hybridized carbons (Fsp3) is 0.500. The molecule has 2 amide bonds. The smallest absolute Gasteiger partial charge is 0.243 e. The fourth-order valence-corrected chi connectivity index (χ4v) is 4.58. The van der Waals surface area contributed by atoms with E-state index in [-0.39, 0.29) is 29.6 Å². The summed E-state index contributed by atoms with van der Waals surface area (Å²) >= 11 is 0. The highest BCUT2D eigenvalue weighted by Gasteiger charge is 2.31. The fourth-order valence-electron chi connectivity index (χ4n) is 3.06. The first-order valence-corrected chi connectivity index (χ1v) is 9.40. The summed E-state index contributed by atoms with van der Waals surface area (Å²) in [6.07, 6.45) is 4.32. The van der Waals surface area contributed by atoms with Crippen molar-refractivity contribution in [3.63, 3.8) is 0 Å². The second-order valence-electron chi connectivity index (χ2n) is 5.94. The lowest BCUT2D eigenvalue weighted by Gasteiger charge is -2.20. The van der Waals surface area contributed by atoms with E-state index in [1.807, 2.05) is 0 Å². The maximum absolute atomic E-state index is 12.7. The third-order valence-corrected chi connectivity index (χ3v) is 6.26. The summed E-state index contributed by atoms with van der Waals surface area (Å²) in [4.78, 5) is 24.8. The topological polar surface area (TPSA) is 74.8 Å². The van der Waals surface area contributed by atoms with E-state index < -0.39 is 10.0 Å². The molecule has 0 saturated carbocycles. The van der Waals surface area contributed by atoms with Crippen molar-refractivity contribution in [3.8, 4) is 0 Å². The van der Waals surface area contributed by atoms with Crippen LogP contribution >= 0.6 is 0 Å². The monoisotopic (exact) mass is 336 g/mol. The Morgan fingerprint density at radius 3 is 1.83 bits per heavy atom. The molecule has 0 N–H and O–H groups in total. The molecule has 0 unspecified atom stereocenters. The molecule has 0 aromatic heterocycles. The van der Waals surface area contributed by atoms with Gasteiger partial charge in [0.15, 0.2) is 0 Å². The SMILES string of the molecule is O=C1CCC(=O)N1c1ccc(S(=O)(=O)N2CCCCCC2)cc1. The van der Waals surface area contributed by atoms with Gasteiger partial charge in [-0.05, 0) is 37.1 Å². The molecule has 2 saturated heterocycles. The molecule has 0 radical (unpaired) electrons. The quantitative estimate of drug-likeness (QED) is 0.790. The van der Waals surface area contributed by atoms with Crippen LogP contribution in [0.2, 0.25) is 0 Å². The Morgan fingerprint density at radius 2 is 1.30 bits per heavy atom. The molecular formula is C16H20N2O4S. The Kier molecular flexibility index (Phi) is 4.50. The number of hydrogen-bond acceptors (Lipinski definition) is 4. The highest BCUT2D eigenvalue weighted by molar-refractivity contribution is 7.89. The lowest BCUT2D eigenvalue weighted by Crippen LogP contribution is -2.32. The van der Waals surface area contributed by atoms with Gasteiger partial charge in [-0.15, -0.1) is 0 Å². The molecule has 2 heterocycles. The molecule has 0 spiro atoms. The summed E-state index contributed by atoms with van der Waals surface area (Å²) < 4.78 is 26.9. The first-order chi connectivity index (χ1) is 11.0. The van der Waals surface area contributed by atoms with Crippen molar-refractivity contribution in [3.05, 3.63) is 24.3 Å². The van der Waals surface area contributed by atoms with E-state index in [0.29, 0.717) is 18.8 Å². The summed E-state index contributed by atoms with van der Waals surface area (Å²) in [6, 6.07) is 6.03. The van der Waals surface area contributed by atoms with Crippen molar-refractivity contribution in [2.45, 2.75) is 43.4 Å². The lowest BCUT2D eigenvalue weighted by atomic mass is 10.2. The molecule has 124 valence electrons. The van der Waals surface area contributed by atoms with Crippen LogP contribution < -0.4 is 4.90 Å². The first kappa shape index (κ1) is 16.1. The zero-order valence-corrected chi connectivity index (χ0v) is 13.7. The zero-order chi connectivity index (χ0) is 16.4. The second-order valence-corrected chi connectivity index (χ2v) is 7.87. The number of anilines is 1. The lowest BCUT2D eigenvalue weighted by molar-refractivity contribution is -0.121. The minimum atomic E-state index is -3.51. The predicted molar refractivity (Wildman–Crippen MR) is 85.4 cm³/mol. The molecule has 2 fully saturated rings. The summed E-state index contributed by atoms with van der Waals surface area (Å²) in [7, 11) is -3.51. The minimum absolute atomic E-state index is 0.210. The van der Waals surface area contributed by atoms with Gasteiger partial charge in [0.1, 0.15) is 0 Å². The standard InChI is InChI=1S/C16H20N2O4S/c19-15-9-10-16(20)18(15)13-5-7-14(8-6-13)23(21,22)17-11-3-1-2-4-12-17/h5-8H,1-4,9-12H2. The summed E-state index contributed by atoms with van der Waals surface area (Å²) in [5, 5.41) is 0. The van der Waals surface area contributed by atoms with Gasteiger partial charge < -0.3 is 0 Å². The molecule has 7 heteroatoms. The molecule has 0 bridgehead atoms. The third-order valence-electron chi connectivity index (χ3n) is 4.35. The number of nitrogens with zero attached hydrogens (tertiary/aromatic N) is 2. The van der Waals surface area contributed by atoms with Crippen molar-refractivity contribution in [2.75, 3.05) is 18.0 Å². The van der Waals surface area contributed by atoms with Gasteiger partial charge in [0.25, 0.3) is 0 Å². The van der Waals surface area contributed by atoms with E-state index in [1.54, 1.807) is 0 Å². The molecule has 23 heavy (non-hydrogen) atoms. The van der Waals surface area contributed by atoms with Crippen LogP contribution in [-0.4, -0.2) is 37.6 Å². The van der Waals surface area contributed by atoms with Crippen LogP contribution in [0, 0.1) is 0 Å². The number of imide groups is 1. The highest BCUT2D eigenvalue weighted by Crippen LogP contribution is 2.26. The number of carbonyl (C=O) groups is 2. The molecule has 6 nitrogen and oxygen atoms in total. The van der Waals surface area contributed by atoms with Gasteiger partial charge in [0.2, 0.25) is 21.8 Å². The van der Waals surface area contributed by atoms with Gasteiger partial charge in [0.05, 0.1) is 10.6 Å². The Labute approximate surface area is 136 Å². The molecular weight excluding hydrogens is 316 g/mol. The van der Waals surface area contributed by atoms with Crippen LogP contribution in [0.1, 0.15) is 38.5 Å². The van der Waals surface area contributed by atoms with E-state index in [4.69, 9.17) is 0 Å². The van der Waals surface area contributed by atoms with E-state index in [9.17, 15) is 18.0 Å². The summed E-state index contributed by atoms with van der Waals surface area (Å²) in [5.74, 6) is -0.476. The van der Waals surface area contributed by atoms with Crippen LogP contribution in [0.15, 0.2) is 29.2 Å². The molecule has 1 aromatic carbocycles. The van der Waals surface area contributed by atoms with Crippen LogP contribution in [0.3, 0.4) is 0 Å². The van der Waals surface area contributed by atoms with Crippen molar-refractivity contribution in [2.24, 2.45) is 0 Å². The summed E-state index contributed by atoms with van der Waals surface area (Å²) in [5.41, 5.74) is 0.437. The first-order valence-electron chi connectivity index (χ1n) is 7.96. The van der Waals surface area contributed by atoms with E-state index in [2.05, 4.69) is 0 Å². The maximum Gasteiger partial charge on any atom is 0.243 e. The van der Waals surface area contributed by atoms with Crippen molar-refractivity contribution < 1.29 is 18.0 Å². The second kappa shape index (κ2) is 6.41. The van der Waals surface area contributed by atoms with Crippen LogP contribution in [0.25, 0.3) is 0 Å². The normalized spacial score (nSPS) is 20.8. The Balaban J connectivity index is 1.83. The van der Waals surface area contributed by atoms with Gasteiger partial charge in [-0.1, -0.05) is 12.8 Å². The average Bonchev–Trinajstić information content (AvgIpc) is 2.75. The van der Waals surface area contributed by atoms with E-state index in [0.717, 1.165) is 30.6 Å². The van der Waals surface area contributed by atoms with E-state index in [1.165, 1.54) is 28.6 Å². The van der Waals surface area contributed by atoms with Gasteiger partial charge in [0, 0.05) is 25.9 Å². The minimum Gasteiger partial charge on any atom is -0.274 e. The molecule has 0 aliphatic carbocycles. The maximum atomic E-state index is 12.7. The van der Waals surface area contributed by atoms with Crippen molar-refractivity contribution in [1.29, 1.82) is 0 Å². The number of sulfonamides is 1. The molecule has 3 rings (SSSR count). The largest absolute Gasteiger partial charge is 0.274 e. The van der Waals surface area contributed by atoms with Crippen LogP contribution in [-0.2, 0) is 19.6 Å². The van der Waals surface area contributed by atoms with Gasteiger partial charge in [-0.3, -0.25) is 14.5 Å². The number of benzene rings is 1. The highest BCUT2D eigenvalue weighted by atomic mass is 32.2.